The van der Waals surface area contributed by atoms with Gasteiger partial charge in [0.1, 0.15) is 17.6 Å². The van der Waals surface area contributed by atoms with E-state index in [1.54, 1.807) is 13.8 Å². The van der Waals surface area contributed by atoms with E-state index < -0.39 is 16.4 Å². The molecule has 0 aliphatic carbocycles. The number of carbonyl (C=O) groups is 1. The summed E-state index contributed by atoms with van der Waals surface area (Å²) < 4.78 is 0. The topological polar surface area (TPSA) is 105 Å². The standard InChI is InChI=1S/C12H17N3O4/c1-4-5-12(3,11(16)17)14-10-6-8(2)9(7-13-10)15(18)19/h6-7H,4-5H2,1-3H3,(H,13,14)(H,16,17). The van der Waals surface area contributed by atoms with Crippen LogP contribution in [0.2, 0.25) is 0 Å². The first-order valence-electron chi connectivity index (χ1n) is 5.92. The summed E-state index contributed by atoms with van der Waals surface area (Å²) in [6.45, 7) is 5.04. The van der Waals surface area contributed by atoms with Crippen molar-refractivity contribution in [3.8, 4) is 0 Å². The van der Waals surface area contributed by atoms with Crippen molar-refractivity contribution in [1.29, 1.82) is 0 Å². The fourth-order valence-electron chi connectivity index (χ4n) is 1.81. The van der Waals surface area contributed by atoms with E-state index >= 15 is 0 Å². The van der Waals surface area contributed by atoms with Crippen molar-refractivity contribution in [2.45, 2.75) is 39.2 Å². The normalized spacial score (nSPS) is 13.6. The van der Waals surface area contributed by atoms with Crippen LogP contribution in [0.3, 0.4) is 0 Å². The van der Waals surface area contributed by atoms with Crippen molar-refractivity contribution in [3.63, 3.8) is 0 Å². The molecule has 1 aromatic heterocycles. The van der Waals surface area contributed by atoms with Gasteiger partial charge >= 0.3 is 5.97 Å². The average Bonchev–Trinajstić information content (AvgIpc) is 2.28. The zero-order chi connectivity index (χ0) is 14.6. The van der Waals surface area contributed by atoms with Crippen LogP contribution in [-0.4, -0.2) is 26.5 Å². The fraction of sp³-hybridized carbons (Fsp3) is 0.500. The van der Waals surface area contributed by atoms with Gasteiger partial charge in [-0.25, -0.2) is 9.78 Å². The Morgan fingerprint density at radius 2 is 2.26 bits per heavy atom. The number of nitrogens with zero attached hydrogens (tertiary/aromatic N) is 2. The number of aromatic nitrogens is 1. The van der Waals surface area contributed by atoms with E-state index in [1.165, 1.54) is 6.07 Å². The molecule has 1 heterocycles. The van der Waals surface area contributed by atoms with Crippen LogP contribution >= 0.6 is 0 Å². The zero-order valence-corrected chi connectivity index (χ0v) is 11.1. The predicted octanol–water partition coefficient (Wildman–Crippen LogP) is 2.35. The predicted molar refractivity (Wildman–Crippen MR) is 70.2 cm³/mol. The summed E-state index contributed by atoms with van der Waals surface area (Å²) in [5, 5.41) is 22.7. The molecule has 19 heavy (non-hydrogen) atoms. The Morgan fingerprint density at radius 3 is 2.68 bits per heavy atom. The number of aryl methyl sites for hydroxylation is 1. The Balaban J connectivity index is 3.02. The molecule has 0 spiro atoms. The van der Waals surface area contributed by atoms with Crippen LogP contribution in [0.5, 0.6) is 0 Å². The molecule has 2 N–H and O–H groups in total. The Bertz CT molecular complexity index is 504. The van der Waals surface area contributed by atoms with E-state index in [9.17, 15) is 20.0 Å². The van der Waals surface area contributed by atoms with Gasteiger partial charge in [-0.05, 0) is 26.3 Å². The van der Waals surface area contributed by atoms with E-state index in [0.717, 1.165) is 6.20 Å². The second-order valence-electron chi connectivity index (χ2n) is 4.63. The maximum Gasteiger partial charge on any atom is 0.329 e. The molecule has 0 aromatic carbocycles. The molecule has 0 aliphatic heterocycles. The molecule has 0 bridgehead atoms. The maximum atomic E-state index is 11.3. The lowest BCUT2D eigenvalue weighted by Gasteiger charge is -2.26. The summed E-state index contributed by atoms with van der Waals surface area (Å²) in [7, 11) is 0. The number of nitrogens with one attached hydrogen (secondary N) is 1. The van der Waals surface area contributed by atoms with Crippen LogP contribution in [0, 0.1) is 17.0 Å². The lowest BCUT2D eigenvalue weighted by Crippen LogP contribution is -2.43. The number of aliphatic carboxylic acids is 1. The Kier molecular flexibility index (Phi) is 4.42. The minimum Gasteiger partial charge on any atom is -0.480 e. The van der Waals surface area contributed by atoms with Crippen LogP contribution in [0.25, 0.3) is 0 Å². The number of hydrogen-bond acceptors (Lipinski definition) is 5. The van der Waals surface area contributed by atoms with Crippen molar-refractivity contribution in [1.82, 2.24) is 4.98 Å². The van der Waals surface area contributed by atoms with Gasteiger partial charge in [-0.3, -0.25) is 10.1 Å². The van der Waals surface area contributed by atoms with Crippen molar-refractivity contribution >= 4 is 17.5 Å². The fourth-order valence-corrected chi connectivity index (χ4v) is 1.81. The van der Waals surface area contributed by atoms with Gasteiger partial charge in [-0.1, -0.05) is 13.3 Å². The second-order valence-corrected chi connectivity index (χ2v) is 4.63. The summed E-state index contributed by atoms with van der Waals surface area (Å²) in [6, 6.07) is 1.48. The van der Waals surface area contributed by atoms with Gasteiger partial charge in [0.2, 0.25) is 0 Å². The monoisotopic (exact) mass is 267 g/mol. The van der Waals surface area contributed by atoms with Crippen LogP contribution in [0.15, 0.2) is 12.3 Å². The van der Waals surface area contributed by atoms with E-state index in [4.69, 9.17) is 0 Å². The Hall–Kier alpha value is -2.18. The molecule has 0 aliphatic rings. The number of carboxylic acid groups (broad SMARTS) is 1. The van der Waals surface area contributed by atoms with Gasteiger partial charge in [0.15, 0.2) is 0 Å². The molecule has 104 valence electrons. The molecular formula is C12H17N3O4. The van der Waals surface area contributed by atoms with E-state index in [1.807, 2.05) is 6.92 Å². The number of anilines is 1. The molecule has 7 heteroatoms. The number of pyridine rings is 1. The van der Waals surface area contributed by atoms with E-state index in [2.05, 4.69) is 10.3 Å². The molecule has 1 atom stereocenters. The SMILES string of the molecule is CCCC(C)(Nc1cc(C)c([N+](=O)[O-])cn1)C(=O)O. The maximum absolute atomic E-state index is 11.3. The van der Waals surface area contributed by atoms with Gasteiger partial charge in [0, 0.05) is 5.56 Å². The van der Waals surface area contributed by atoms with Gasteiger partial charge < -0.3 is 10.4 Å². The third-order valence-corrected chi connectivity index (χ3v) is 2.91. The van der Waals surface area contributed by atoms with Gasteiger partial charge in [-0.2, -0.15) is 0 Å². The molecule has 0 radical (unpaired) electrons. The summed E-state index contributed by atoms with van der Waals surface area (Å²) >= 11 is 0. The molecule has 7 nitrogen and oxygen atoms in total. The van der Waals surface area contributed by atoms with Gasteiger partial charge in [-0.15, -0.1) is 0 Å². The minimum absolute atomic E-state index is 0.0851. The second kappa shape index (κ2) is 5.64. The van der Waals surface area contributed by atoms with E-state index in [-0.39, 0.29) is 5.69 Å². The summed E-state index contributed by atoms with van der Waals surface area (Å²) in [5.74, 6) is -0.659. The lowest BCUT2D eigenvalue weighted by atomic mass is 9.96. The third kappa shape index (κ3) is 3.40. The zero-order valence-electron chi connectivity index (χ0n) is 11.1. The molecule has 0 fully saturated rings. The van der Waals surface area contributed by atoms with Crippen molar-refractivity contribution in [3.05, 3.63) is 27.9 Å². The minimum atomic E-state index is -1.13. The highest BCUT2D eigenvalue weighted by atomic mass is 16.6. The van der Waals surface area contributed by atoms with E-state index in [0.29, 0.717) is 24.2 Å². The molecular weight excluding hydrogens is 250 g/mol. The van der Waals surface area contributed by atoms with Crippen LogP contribution < -0.4 is 5.32 Å². The number of carboxylic acids is 1. The molecule has 0 saturated heterocycles. The summed E-state index contributed by atoms with van der Waals surface area (Å²) in [5.41, 5.74) is -0.783. The summed E-state index contributed by atoms with van der Waals surface area (Å²) in [6.07, 6.45) is 2.26. The van der Waals surface area contributed by atoms with Crippen LogP contribution in [0.1, 0.15) is 32.3 Å². The van der Waals surface area contributed by atoms with Crippen LogP contribution in [0.4, 0.5) is 11.5 Å². The van der Waals surface area contributed by atoms with Gasteiger partial charge in [0.05, 0.1) is 4.92 Å². The Morgan fingerprint density at radius 1 is 1.63 bits per heavy atom. The van der Waals surface area contributed by atoms with Gasteiger partial charge in [0.25, 0.3) is 5.69 Å². The summed E-state index contributed by atoms with van der Waals surface area (Å²) in [4.78, 5) is 25.3. The molecule has 1 aromatic rings. The number of nitro groups is 1. The molecule has 0 saturated carbocycles. The highest BCUT2D eigenvalue weighted by Crippen LogP contribution is 2.23. The number of hydrogen-bond donors (Lipinski definition) is 2. The van der Waals surface area contributed by atoms with Crippen molar-refractivity contribution in [2.75, 3.05) is 5.32 Å². The average molecular weight is 267 g/mol. The Labute approximate surface area is 110 Å². The molecule has 1 rings (SSSR count). The molecule has 0 amide bonds. The smallest absolute Gasteiger partial charge is 0.329 e. The first-order valence-corrected chi connectivity index (χ1v) is 5.92. The highest BCUT2D eigenvalue weighted by Gasteiger charge is 2.32. The van der Waals surface area contributed by atoms with Crippen LogP contribution in [-0.2, 0) is 4.79 Å². The largest absolute Gasteiger partial charge is 0.480 e. The first-order chi connectivity index (χ1) is 8.80. The van der Waals surface area contributed by atoms with Crippen molar-refractivity contribution < 1.29 is 14.8 Å². The highest BCUT2D eigenvalue weighted by molar-refractivity contribution is 5.81. The lowest BCUT2D eigenvalue weighted by molar-refractivity contribution is -0.385. The number of rotatable bonds is 6. The molecule has 1 unspecified atom stereocenters. The first kappa shape index (κ1) is 14.9. The quantitative estimate of drug-likeness (QED) is 0.605. The third-order valence-electron chi connectivity index (χ3n) is 2.91. The van der Waals surface area contributed by atoms with Crippen molar-refractivity contribution in [2.24, 2.45) is 0 Å².